The van der Waals surface area contributed by atoms with Gasteiger partial charge in [-0.05, 0) is 42.9 Å². The molecule has 0 saturated carbocycles. The molecule has 158 valence electrons. The van der Waals surface area contributed by atoms with Crippen LogP contribution in [-0.2, 0) is 16.0 Å². The van der Waals surface area contributed by atoms with Crippen molar-refractivity contribution in [2.45, 2.75) is 58.3 Å². The number of anilines is 1. The van der Waals surface area contributed by atoms with Crippen molar-refractivity contribution in [2.24, 2.45) is 5.10 Å². The summed E-state index contributed by atoms with van der Waals surface area (Å²) in [6.07, 6.45) is 6.40. The van der Waals surface area contributed by atoms with Gasteiger partial charge < -0.3 is 4.90 Å². The normalized spacial score (nSPS) is 13.6. The number of carbonyl (C=O) groups is 2. The molecule has 0 aliphatic carbocycles. The first-order valence-electron chi connectivity index (χ1n) is 11.0. The molecule has 2 amide bonds. The molecular formula is C25H31N3O2. The second-order valence-electron chi connectivity index (χ2n) is 7.69. The second kappa shape index (κ2) is 11.3. The number of para-hydroxylation sites is 1. The zero-order valence-corrected chi connectivity index (χ0v) is 17.8. The highest BCUT2D eigenvalue weighted by atomic mass is 16.2. The summed E-state index contributed by atoms with van der Waals surface area (Å²) in [5.74, 6) is -0.231. The van der Waals surface area contributed by atoms with E-state index in [0.717, 1.165) is 55.5 Å². The molecule has 1 aliphatic heterocycles. The Kier molecular flexibility index (Phi) is 8.19. The van der Waals surface area contributed by atoms with E-state index in [1.54, 1.807) is 0 Å². The van der Waals surface area contributed by atoms with Crippen LogP contribution >= 0.6 is 0 Å². The van der Waals surface area contributed by atoms with Gasteiger partial charge in [0, 0.05) is 25.1 Å². The molecule has 0 aromatic heterocycles. The van der Waals surface area contributed by atoms with E-state index in [1.165, 1.54) is 5.56 Å². The number of benzene rings is 2. The van der Waals surface area contributed by atoms with Crippen molar-refractivity contribution in [1.82, 2.24) is 5.43 Å². The minimum absolute atomic E-state index is 0.00694. The van der Waals surface area contributed by atoms with Crippen LogP contribution in [0.25, 0.3) is 0 Å². The number of hydrogen-bond acceptors (Lipinski definition) is 3. The van der Waals surface area contributed by atoms with E-state index in [4.69, 9.17) is 0 Å². The topological polar surface area (TPSA) is 61.8 Å². The third-order valence-electron chi connectivity index (χ3n) is 5.42. The van der Waals surface area contributed by atoms with Crippen molar-refractivity contribution in [2.75, 3.05) is 11.4 Å². The zero-order chi connectivity index (χ0) is 21.2. The van der Waals surface area contributed by atoms with E-state index < -0.39 is 0 Å². The van der Waals surface area contributed by atoms with Gasteiger partial charge in [0.1, 0.15) is 0 Å². The minimum atomic E-state index is -0.224. The molecule has 30 heavy (non-hydrogen) atoms. The Balaban J connectivity index is 1.56. The van der Waals surface area contributed by atoms with Crippen LogP contribution in [0.15, 0.2) is 59.7 Å². The smallest absolute Gasteiger partial charge is 0.240 e. The van der Waals surface area contributed by atoms with Crippen molar-refractivity contribution in [3.05, 3.63) is 65.7 Å². The first-order chi connectivity index (χ1) is 14.7. The lowest BCUT2D eigenvalue weighted by atomic mass is 10.0. The maximum Gasteiger partial charge on any atom is 0.240 e. The zero-order valence-electron chi connectivity index (χ0n) is 17.8. The van der Waals surface area contributed by atoms with Gasteiger partial charge >= 0.3 is 0 Å². The number of nitrogens with zero attached hydrogens (tertiary/aromatic N) is 2. The van der Waals surface area contributed by atoms with Crippen molar-refractivity contribution in [3.63, 3.8) is 0 Å². The Morgan fingerprint density at radius 1 is 0.967 bits per heavy atom. The van der Waals surface area contributed by atoms with Crippen LogP contribution in [0, 0.1) is 0 Å². The van der Waals surface area contributed by atoms with E-state index >= 15 is 0 Å². The van der Waals surface area contributed by atoms with E-state index in [1.807, 2.05) is 53.4 Å². The van der Waals surface area contributed by atoms with Gasteiger partial charge in [0.2, 0.25) is 11.8 Å². The van der Waals surface area contributed by atoms with Crippen molar-refractivity contribution in [3.8, 4) is 0 Å². The average Bonchev–Trinajstić information content (AvgIpc) is 2.80. The molecule has 2 aromatic carbocycles. The molecule has 0 fully saturated rings. The van der Waals surface area contributed by atoms with Gasteiger partial charge in [0.05, 0.1) is 5.71 Å². The van der Waals surface area contributed by atoms with E-state index in [0.29, 0.717) is 6.54 Å². The lowest BCUT2D eigenvalue weighted by Gasteiger charge is -2.29. The SMILES string of the molecule is CCCCCC(=NNC(=O)CCC(=O)N1CCCc2ccccc21)c1ccccc1. The molecule has 1 N–H and O–H groups in total. The number of rotatable bonds is 9. The number of amides is 2. The Morgan fingerprint density at radius 3 is 2.53 bits per heavy atom. The van der Waals surface area contributed by atoms with Crippen LogP contribution < -0.4 is 10.3 Å². The highest BCUT2D eigenvalue weighted by molar-refractivity contribution is 6.01. The van der Waals surface area contributed by atoms with Gasteiger partial charge in [-0.15, -0.1) is 0 Å². The number of unbranched alkanes of at least 4 members (excludes halogenated alkanes) is 2. The van der Waals surface area contributed by atoms with Crippen molar-refractivity contribution >= 4 is 23.2 Å². The van der Waals surface area contributed by atoms with Crippen molar-refractivity contribution < 1.29 is 9.59 Å². The monoisotopic (exact) mass is 405 g/mol. The average molecular weight is 406 g/mol. The maximum absolute atomic E-state index is 12.7. The lowest BCUT2D eigenvalue weighted by Crippen LogP contribution is -2.36. The van der Waals surface area contributed by atoms with Crippen LogP contribution in [-0.4, -0.2) is 24.1 Å². The summed E-state index contributed by atoms with van der Waals surface area (Å²) >= 11 is 0. The number of nitrogens with one attached hydrogen (secondary N) is 1. The number of fused-ring (bicyclic) bond motifs is 1. The molecule has 1 heterocycles. The fourth-order valence-electron chi connectivity index (χ4n) is 3.77. The predicted molar refractivity (Wildman–Crippen MR) is 122 cm³/mol. The molecule has 2 aromatic rings. The number of aryl methyl sites for hydroxylation is 1. The van der Waals surface area contributed by atoms with Gasteiger partial charge in [0.25, 0.3) is 0 Å². The van der Waals surface area contributed by atoms with Crippen LogP contribution in [0.3, 0.4) is 0 Å². The maximum atomic E-state index is 12.7. The first-order valence-corrected chi connectivity index (χ1v) is 11.0. The first kappa shape index (κ1) is 21.8. The molecular weight excluding hydrogens is 374 g/mol. The highest BCUT2D eigenvalue weighted by Gasteiger charge is 2.22. The Bertz CT molecular complexity index is 877. The van der Waals surface area contributed by atoms with E-state index in [-0.39, 0.29) is 24.7 Å². The van der Waals surface area contributed by atoms with Crippen molar-refractivity contribution in [1.29, 1.82) is 0 Å². The fraction of sp³-hybridized carbons (Fsp3) is 0.400. The number of hydrazone groups is 1. The molecule has 5 heteroatoms. The predicted octanol–water partition coefficient (Wildman–Crippen LogP) is 4.85. The van der Waals surface area contributed by atoms with Gasteiger partial charge in [-0.2, -0.15) is 5.10 Å². The van der Waals surface area contributed by atoms with Crippen LogP contribution in [0.2, 0.25) is 0 Å². The van der Waals surface area contributed by atoms with Crippen LogP contribution in [0.5, 0.6) is 0 Å². The molecule has 0 saturated heterocycles. The molecule has 0 radical (unpaired) electrons. The van der Waals surface area contributed by atoms with Crippen LogP contribution in [0.4, 0.5) is 5.69 Å². The Morgan fingerprint density at radius 2 is 1.73 bits per heavy atom. The largest absolute Gasteiger partial charge is 0.312 e. The van der Waals surface area contributed by atoms with E-state index in [9.17, 15) is 9.59 Å². The standard InChI is InChI=1S/C25H31N3O2/c1-2-3-5-15-22(20-11-6-4-7-12-20)26-27-24(29)17-18-25(30)28-19-10-14-21-13-8-9-16-23(21)28/h4,6-9,11-13,16H,2-3,5,10,14-15,17-19H2,1H3,(H,27,29). The summed E-state index contributed by atoms with van der Waals surface area (Å²) in [6.45, 7) is 2.88. The van der Waals surface area contributed by atoms with Gasteiger partial charge in [-0.3, -0.25) is 9.59 Å². The Hall–Kier alpha value is -2.95. The summed E-state index contributed by atoms with van der Waals surface area (Å²) in [7, 11) is 0. The molecule has 0 bridgehead atoms. The summed E-state index contributed by atoms with van der Waals surface area (Å²) in [6, 6.07) is 17.9. The number of hydrogen-bond donors (Lipinski definition) is 1. The van der Waals surface area contributed by atoms with E-state index in [2.05, 4.69) is 23.5 Å². The molecule has 0 spiro atoms. The fourth-order valence-corrected chi connectivity index (χ4v) is 3.77. The quantitative estimate of drug-likeness (QED) is 0.368. The highest BCUT2D eigenvalue weighted by Crippen LogP contribution is 2.27. The van der Waals surface area contributed by atoms with Gasteiger partial charge in [-0.1, -0.05) is 68.3 Å². The summed E-state index contributed by atoms with van der Waals surface area (Å²) < 4.78 is 0. The summed E-state index contributed by atoms with van der Waals surface area (Å²) in [5, 5.41) is 4.38. The Labute approximate surface area is 179 Å². The molecule has 1 aliphatic rings. The number of carbonyl (C=O) groups excluding carboxylic acids is 2. The second-order valence-corrected chi connectivity index (χ2v) is 7.69. The molecule has 0 unspecified atom stereocenters. The lowest BCUT2D eigenvalue weighted by molar-refractivity contribution is -0.125. The van der Waals surface area contributed by atoms with Gasteiger partial charge in [0.15, 0.2) is 0 Å². The third kappa shape index (κ3) is 6.02. The molecule has 0 atom stereocenters. The van der Waals surface area contributed by atoms with Crippen LogP contribution in [0.1, 0.15) is 63.0 Å². The third-order valence-corrected chi connectivity index (χ3v) is 5.42. The summed E-state index contributed by atoms with van der Waals surface area (Å²) in [4.78, 5) is 26.9. The molecule has 3 rings (SSSR count). The molecule has 5 nitrogen and oxygen atoms in total. The van der Waals surface area contributed by atoms with Gasteiger partial charge in [-0.25, -0.2) is 5.43 Å². The minimum Gasteiger partial charge on any atom is -0.312 e. The summed E-state index contributed by atoms with van der Waals surface area (Å²) in [5.41, 5.74) is 6.75.